The van der Waals surface area contributed by atoms with Gasteiger partial charge in [0.1, 0.15) is 11.5 Å². The van der Waals surface area contributed by atoms with Gasteiger partial charge in [0.2, 0.25) is 10.0 Å². The standard InChI is InChI=1S/C12H16N2O3S2/c1-10(9-18-2)14-19(16,17)12-6-11(4-3-5-15)7-13-8-12/h6-8,10,14-15H,5,9H2,1-2H3. The quantitative estimate of drug-likeness (QED) is 0.772. The van der Waals surface area contributed by atoms with Crippen molar-refractivity contribution < 1.29 is 13.5 Å². The number of pyridine rings is 1. The van der Waals surface area contributed by atoms with Crippen LogP contribution in [-0.2, 0) is 10.0 Å². The topological polar surface area (TPSA) is 79.3 Å². The Balaban J connectivity index is 2.95. The SMILES string of the molecule is CSCC(C)NS(=O)(=O)c1cncc(C#CCO)c1. The number of aliphatic hydroxyl groups is 1. The molecule has 0 fully saturated rings. The van der Waals surface area contributed by atoms with Crippen LogP contribution in [0.15, 0.2) is 23.4 Å². The largest absolute Gasteiger partial charge is 0.384 e. The highest BCUT2D eigenvalue weighted by Gasteiger charge is 2.17. The molecule has 0 saturated carbocycles. The smallest absolute Gasteiger partial charge is 0.242 e. The van der Waals surface area contributed by atoms with Gasteiger partial charge in [0.15, 0.2) is 0 Å². The molecule has 0 aliphatic heterocycles. The molecule has 104 valence electrons. The summed E-state index contributed by atoms with van der Waals surface area (Å²) in [7, 11) is -3.59. The van der Waals surface area contributed by atoms with Gasteiger partial charge in [-0.1, -0.05) is 11.8 Å². The van der Waals surface area contributed by atoms with Crippen molar-refractivity contribution in [1.82, 2.24) is 9.71 Å². The molecule has 0 aliphatic carbocycles. The van der Waals surface area contributed by atoms with Crippen molar-refractivity contribution >= 4 is 21.8 Å². The van der Waals surface area contributed by atoms with Crippen LogP contribution in [0.1, 0.15) is 12.5 Å². The number of sulfonamides is 1. The van der Waals surface area contributed by atoms with Gasteiger partial charge in [-0.05, 0) is 19.2 Å². The monoisotopic (exact) mass is 300 g/mol. The van der Waals surface area contributed by atoms with E-state index >= 15 is 0 Å². The number of rotatable bonds is 5. The second-order valence-electron chi connectivity index (χ2n) is 3.85. The summed E-state index contributed by atoms with van der Waals surface area (Å²) in [5, 5.41) is 8.61. The zero-order chi connectivity index (χ0) is 14.3. The predicted molar refractivity (Wildman–Crippen MR) is 76.4 cm³/mol. The molecule has 0 bridgehead atoms. The number of aromatic nitrogens is 1. The Hall–Kier alpha value is -1.07. The number of aliphatic hydroxyl groups excluding tert-OH is 1. The lowest BCUT2D eigenvalue weighted by atomic mass is 10.3. The van der Waals surface area contributed by atoms with Crippen LogP contribution in [0.4, 0.5) is 0 Å². The molecule has 2 N–H and O–H groups in total. The van der Waals surface area contributed by atoms with Gasteiger partial charge in [-0.15, -0.1) is 0 Å². The first-order valence-electron chi connectivity index (χ1n) is 5.55. The number of hydrogen-bond donors (Lipinski definition) is 2. The average molecular weight is 300 g/mol. The van der Waals surface area contributed by atoms with E-state index in [1.807, 2.05) is 6.26 Å². The van der Waals surface area contributed by atoms with Gasteiger partial charge in [0.25, 0.3) is 0 Å². The predicted octanol–water partition coefficient (Wildman–Crippen LogP) is 0.455. The van der Waals surface area contributed by atoms with Crippen LogP contribution in [-0.4, -0.2) is 43.2 Å². The first kappa shape index (κ1) is 16.0. The van der Waals surface area contributed by atoms with Crippen LogP contribution < -0.4 is 4.72 Å². The summed E-state index contributed by atoms with van der Waals surface area (Å²) in [4.78, 5) is 3.92. The van der Waals surface area contributed by atoms with Gasteiger partial charge < -0.3 is 5.11 Å². The fourth-order valence-corrected chi connectivity index (χ4v) is 3.31. The van der Waals surface area contributed by atoms with E-state index < -0.39 is 10.0 Å². The van der Waals surface area contributed by atoms with E-state index in [1.54, 1.807) is 18.7 Å². The minimum atomic E-state index is -3.59. The van der Waals surface area contributed by atoms with Crippen molar-refractivity contribution in [3.8, 4) is 11.8 Å². The summed E-state index contributed by atoms with van der Waals surface area (Å²) in [6, 6.07) is 1.27. The zero-order valence-corrected chi connectivity index (χ0v) is 12.4. The molecular weight excluding hydrogens is 284 g/mol. The lowest BCUT2D eigenvalue weighted by Crippen LogP contribution is -2.34. The third kappa shape index (κ3) is 5.20. The third-order valence-electron chi connectivity index (χ3n) is 2.11. The molecule has 1 unspecified atom stereocenters. The molecule has 5 nitrogen and oxygen atoms in total. The van der Waals surface area contributed by atoms with Gasteiger partial charge in [-0.3, -0.25) is 4.98 Å². The Bertz CT molecular complexity index is 576. The van der Waals surface area contributed by atoms with Crippen LogP contribution in [0.25, 0.3) is 0 Å². The molecule has 0 amide bonds. The van der Waals surface area contributed by atoms with Crippen LogP contribution in [0.5, 0.6) is 0 Å². The van der Waals surface area contributed by atoms with Crippen molar-refractivity contribution in [2.75, 3.05) is 18.6 Å². The molecule has 1 atom stereocenters. The maximum Gasteiger partial charge on any atom is 0.242 e. The minimum absolute atomic E-state index is 0.0743. The van der Waals surface area contributed by atoms with E-state index in [0.29, 0.717) is 11.3 Å². The fourth-order valence-electron chi connectivity index (χ4n) is 1.39. The number of nitrogens with zero attached hydrogens (tertiary/aromatic N) is 1. The molecule has 0 spiro atoms. The van der Waals surface area contributed by atoms with Gasteiger partial charge in [0, 0.05) is 29.8 Å². The van der Waals surface area contributed by atoms with Crippen molar-refractivity contribution in [3.05, 3.63) is 24.0 Å². The Morgan fingerprint density at radius 1 is 1.53 bits per heavy atom. The summed E-state index contributed by atoms with van der Waals surface area (Å²) >= 11 is 1.57. The van der Waals surface area contributed by atoms with Gasteiger partial charge in [0.05, 0.1) is 0 Å². The number of thioether (sulfide) groups is 1. The van der Waals surface area contributed by atoms with Crippen LogP contribution in [0, 0.1) is 11.8 Å². The molecule has 0 saturated heterocycles. The Morgan fingerprint density at radius 2 is 2.26 bits per heavy atom. The summed E-state index contributed by atoms with van der Waals surface area (Å²) in [6.45, 7) is 1.52. The molecule has 0 aliphatic rings. The Kier molecular flexibility index (Phi) is 6.31. The molecule has 0 radical (unpaired) electrons. The highest BCUT2D eigenvalue weighted by molar-refractivity contribution is 7.98. The van der Waals surface area contributed by atoms with E-state index in [1.165, 1.54) is 18.5 Å². The molecule has 1 aromatic rings. The second kappa shape index (κ2) is 7.50. The molecule has 7 heteroatoms. The Labute approximate surface area is 117 Å². The van der Waals surface area contributed by atoms with E-state index in [2.05, 4.69) is 21.5 Å². The summed E-state index contributed by atoms with van der Waals surface area (Å²) in [5.74, 6) is 5.77. The number of hydrogen-bond acceptors (Lipinski definition) is 5. The van der Waals surface area contributed by atoms with Crippen molar-refractivity contribution in [3.63, 3.8) is 0 Å². The first-order chi connectivity index (χ1) is 8.99. The summed E-state index contributed by atoms with van der Waals surface area (Å²) in [6.07, 6.45) is 4.64. The maximum atomic E-state index is 12.1. The maximum absolute atomic E-state index is 12.1. The van der Waals surface area contributed by atoms with E-state index in [0.717, 1.165) is 0 Å². The lowest BCUT2D eigenvalue weighted by molar-refractivity contribution is 0.350. The third-order valence-corrected chi connectivity index (χ3v) is 4.50. The van der Waals surface area contributed by atoms with Crippen molar-refractivity contribution in [2.45, 2.75) is 17.9 Å². The summed E-state index contributed by atoms with van der Waals surface area (Å²) in [5.41, 5.74) is 0.453. The normalized spacial score (nSPS) is 12.6. The Morgan fingerprint density at radius 3 is 2.89 bits per heavy atom. The fraction of sp³-hybridized carbons (Fsp3) is 0.417. The van der Waals surface area contributed by atoms with Crippen LogP contribution in [0.3, 0.4) is 0 Å². The van der Waals surface area contributed by atoms with Gasteiger partial charge in [-0.2, -0.15) is 11.8 Å². The lowest BCUT2D eigenvalue weighted by Gasteiger charge is -2.12. The van der Waals surface area contributed by atoms with E-state index in [-0.39, 0.29) is 17.5 Å². The van der Waals surface area contributed by atoms with Crippen molar-refractivity contribution in [2.24, 2.45) is 0 Å². The summed E-state index contributed by atoms with van der Waals surface area (Å²) < 4.78 is 26.7. The molecule has 1 rings (SSSR count). The molecule has 1 heterocycles. The van der Waals surface area contributed by atoms with Gasteiger partial charge >= 0.3 is 0 Å². The second-order valence-corrected chi connectivity index (χ2v) is 6.47. The van der Waals surface area contributed by atoms with Crippen LogP contribution in [0.2, 0.25) is 0 Å². The van der Waals surface area contributed by atoms with E-state index in [4.69, 9.17) is 5.11 Å². The van der Waals surface area contributed by atoms with E-state index in [9.17, 15) is 8.42 Å². The molecule has 0 aromatic carbocycles. The first-order valence-corrected chi connectivity index (χ1v) is 8.43. The molecule has 19 heavy (non-hydrogen) atoms. The van der Waals surface area contributed by atoms with Crippen molar-refractivity contribution in [1.29, 1.82) is 0 Å². The highest BCUT2D eigenvalue weighted by Crippen LogP contribution is 2.10. The molecular formula is C12H16N2O3S2. The zero-order valence-electron chi connectivity index (χ0n) is 10.8. The number of nitrogens with one attached hydrogen (secondary N) is 1. The molecule has 1 aromatic heterocycles. The minimum Gasteiger partial charge on any atom is -0.384 e. The van der Waals surface area contributed by atoms with Gasteiger partial charge in [-0.25, -0.2) is 13.1 Å². The highest BCUT2D eigenvalue weighted by atomic mass is 32.2. The van der Waals surface area contributed by atoms with Crippen LogP contribution >= 0.6 is 11.8 Å². The average Bonchev–Trinajstić information content (AvgIpc) is 2.36.